The molecule has 1 saturated carbocycles. The van der Waals surface area contributed by atoms with E-state index in [1.54, 1.807) is 0 Å². The average Bonchev–Trinajstić information content (AvgIpc) is 2.66. The van der Waals surface area contributed by atoms with Gasteiger partial charge in [-0.3, -0.25) is 14.9 Å². The highest BCUT2D eigenvalue weighted by atomic mass is 32.2. The molecule has 0 unspecified atom stereocenters. The number of sulfonamides is 1. The molecule has 0 spiro atoms. The van der Waals surface area contributed by atoms with Crippen LogP contribution in [0.15, 0.2) is 23.1 Å². The molecule has 0 aromatic heterocycles. The Morgan fingerprint density at radius 1 is 1.29 bits per heavy atom. The second kappa shape index (κ2) is 9.83. The number of nitrogens with zero attached hydrogens (tertiary/aromatic N) is 1. The maximum absolute atomic E-state index is 12.6. The molecule has 0 radical (unpaired) electrons. The molecule has 0 saturated heterocycles. The summed E-state index contributed by atoms with van der Waals surface area (Å²) in [5.41, 5.74) is -0.112. The number of carbonyl (C=O) groups is 1. The second-order valence-electron chi connectivity index (χ2n) is 7.12. The molecule has 1 fully saturated rings. The van der Waals surface area contributed by atoms with Crippen molar-refractivity contribution in [2.45, 2.75) is 56.4 Å². The van der Waals surface area contributed by atoms with Gasteiger partial charge in [-0.1, -0.05) is 6.92 Å². The third-order valence-electron chi connectivity index (χ3n) is 4.91. The molecule has 9 nitrogen and oxygen atoms in total. The number of nitro groups is 1. The van der Waals surface area contributed by atoms with Gasteiger partial charge in [0.05, 0.1) is 16.9 Å². The topological polar surface area (TPSA) is 128 Å². The molecule has 1 aromatic rings. The first-order valence-electron chi connectivity index (χ1n) is 9.34. The number of esters is 1. The quantitative estimate of drug-likeness (QED) is 0.276. The van der Waals surface area contributed by atoms with Gasteiger partial charge in [-0.15, -0.1) is 0 Å². The van der Waals surface area contributed by atoms with Gasteiger partial charge in [0, 0.05) is 25.1 Å². The smallest absolute Gasteiger partial charge is 0.305 e. The summed E-state index contributed by atoms with van der Waals surface area (Å²) in [6, 6.07) is 3.66. The van der Waals surface area contributed by atoms with Crippen LogP contribution in [0.25, 0.3) is 0 Å². The standard InChI is InChI=1S/C18H27N3O6S/c1-13-5-7-14(8-6-13)20-28(25,26)15-9-10-16(17(12-15)21(23)24)19-11-3-4-18(22)27-2/h9-10,12-14,19-20H,3-8,11H2,1-2H3. The van der Waals surface area contributed by atoms with Gasteiger partial charge in [0.15, 0.2) is 0 Å². The summed E-state index contributed by atoms with van der Waals surface area (Å²) in [6.45, 7) is 2.46. The molecule has 2 rings (SSSR count). The largest absolute Gasteiger partial charge is 0.469 e. The van der Waals surface area contributed by atoms with Crippen LogP contribution in [-0.2, 0) is 19.6 Å². The van der Waals surface area contributed by atoms with Gasteiger partial charge in [0.1, 0.15) is 5.69 Å². The van der Waals surface area contributed by atoms with Crippen LogP contribution in [0.1, 0.15) is 45.4 Å². The number of ether oxygens (including phenoxy) is 1. The number of rotatable bonds is 9. The molecule has 10 heteroatoms. The number of nitro benzene ring substituents is 1. The van der Waals surface area contributed by atoms with E-state index in [0.717, 1.165) is 31.7 Å². The highest BCUT2D eigenvalue weighted by molar-refractivity contribution is 7.89. The number of hydrogen-bond acceptors (Lipinski definition) is 7. The van der Waals surface area contributed by atoms with Crippen molar-refractivity contribution in [3.8, 4) is 0 Å². The third kappa shape index (κ3) is 6.16. The molecule has 0 heterocycles. The Morgan fingerprint density at radius 3 is 2.57 bits per heavy atom. The second-order valence-corrected chi connectivity index (χ2v) is 8.83. The fraction of sp³-hybridized carbons (Fsp3) is 0.611. The van der Waals surface area contributed by atoms with Gasteiger partial charge >= 0.3 is 5.97 Å². The van der Waals surface area contributed by atoms with Crippen molar-refractivity contribution in [1.29, 1.82) is 0 Å². The van der Waals surface area contributed by atoms with Gasteiger partial charge in [0.25, 0.3) is 5.69 Å². The number of methoxy groups -OCH3 is 1. The van der Waals surface area contributed by atoms with E-state index >= 15 is 0 Å². The Labute approximate surface area is 165 Å². The molecule has 1 aliphatic rings. The molecule has 1 aliphatic carbocycles. The highest BCUT2D eigenvalue weighted by Gasteiger charge is 2.26. The SMILES string of the molecule is COC(=O)CCCNc1ccc(S(=O)(=O)NC2CCC(C)CC2)cc1[N+](=O)[O-]. The average molecular weight is 413 g/mol. The molecule has 0 atom stereocenters. The van der Waals surface area contributed by atoms with Crippen molar-refractivity contribution in [2.24, 2.45) is 5.92 Å². The summed E-state index contributed by atoms with van der Waals surface area (Å²) in [5.74, 6) is 0.229. The minimum atomic E-state index is -3.83. The normalized spacial score (nSPS) is 19.8. The monoisotopic (exact) mass is 413 g/mol. The molecule has 156 valence electrons. The lowest BCUT2D eigenvalue weighted by atomic mass is 9.88. The van der Waals surface area contributed by atoms with Crippen LogP contribution in [0.3, 0.4) is 0 Å². The number of nitrogens with one attached hydrogen (secondary N) is 2. The van der Waals surface area contributed by atoms with Crippen molar-refractivity contribution in [3.63, 3.8) is 0 Å². The van der Waals surface area contributed by atoms with Crippen LogP contribution in [-0.4, -0.2) is 39.0 Å². The van der Waals surface area contributed by atoms with E-state index in [1.807, 2.05) is 0 Å². The number of hydrogen-bond donors (Lipinski definition) is 2. The molecular weight excluding hydrogens is 386 g/mol. The zero-order chi connectivity index (χ0) is 20.7. The Hall–Kier alpha value is -2.20. The highest BCUT2D eigenvalue weighted by Crippen LogP contribution is 2.29. The maximum Gasteiger partial charge on any atom is 0.305 e. The van der Waals surface area contributed by atoms with E-state index in [-0.39, 0.29) is 34.7 Å². The van der Waals surface area contributed by atoms with Crippen LogP contribution < -0.4 is 10.0 Å². The van der Waals surface area contributed by atoms with Crippen LogP contribution in [0.5, 0.6) is 0 Å². The van der Waals surface area contributed by atoms with Gasteiger partial charge in [0.2, 0.25) is 10.0 Å². The minimum Gasteiger partial charge on any atom is -0.469 e. The van der Waals surface area contributed by atoms with Crippen LogP contribution in [0.4, 0.5) is 11.4 Å². The maximum atomic E-state index is 12.6. The minimum absolute atomic E-state index is 0.127. The number of carbonyl (C=O) groups excluding carboxylic acids is 1. The summed E-state index contributed by atoms with van der Waals surface area (Å²) in [7, 11) is -2.54. The fourth-order valence-electron chi connectivity index (χ4n) is 3.20. The molecule has 2 N–H and O–H groups in total. The van der Waals surface area contributed by atoms with Crippen molar-refractivity contribution >= 4 is 27.4 Å². The van der Waals surface area contributed by atoms with Crippen molar-refractivity contribution in [2.75, 3.05) is 19.0 Å². The van der Waals surface area contributed by atoms with Crippen molar-refractivity contribution < 1.29 is 22.9 Å². The molecule has 0 bridgehead atoms. The van der Waals surface area contributed by atoms with E-state index in [9.17, 15) is 23.3 Å². The van der Waals surface area contributed by atoms with E-state index in [0.29, 0.717) is 18.9 Å². The molecule has 28 heavy (non-hydrogen) atoms. The molecular formula is C18H27N3O6S. The van der Waals surface area contributed by atoms with E-state index in [2.05, 4.69) is 21.7 Å². The summed E-state index contributed by atoms with van der Waals surface area (Å²) >= 11 is 0. The van der Waals surface area contributed by atoms with E-state index in [1.165, 1.54) is 19.2 Å². The van der Waals surface area contributed by atoms with Crippen LogP contribution in [0.2, 0.25) is 0 Å². The summed E-state index contributed by atoms with van der Waals surface area (Å²) in [4.78, 5) is 21.7. The van der Waals surface area contributed by atoms with Crippen LogP contribution in [0, 0.1) is 16.0 Å². The Morgan fingerprint density at radius 2 is 1.96 bits per heavy atom. The summed E-state index contributed by atoms with van der Waals surface area (Å²) in [6.07, 6.45) is 4.08. The van der Waals surface area contributed by atoms with Gasteiger partial charge in [-0.25, -0.2) is 13.1 Å². The first-order valence-corrected chi connectivity index (χ1v) is 10.8. The van der Waals surface area contributed by atoms with E-state index < -0.39 is 14.9 Å². The lowest BCUT2D eigenvalue weighted by molar-refractivity contribution is -0.384. The lowest BCUT2D eigenvalue weighted by Crippen LogP contribution is -2.37. The first kappa shape index (κ1) is 22.1. The van der Waals surface area contributed by atoms with E-state index in [4.69, 9.17) is 0 Å². The fourth-order valence-corrected chi connectivity index (χ4v) is 4.53. The zero-order valence-electron chi connectivity index (χ0n) is 16.1. The first-order chi connectivity index (χ1) is 13.2. The van der Waals surface area contributed by atoms with Gasteiger partial charge in [-0.2, -0.15) is 0 Å². The van der Waals surface area contributed by atoms with Crippen molar-refractivity contribution in [1.82, 2.24) is 4.72 Å². The number of benzene rings is 1. The predicted molar refractivity (Wildman–Crippen MR) is 105 cm³/mol. The molecule has 0 amide bonds. The van der Waals surface area contributed by atoms with Crippen LogP contribution >= 0.6 is 0 Å². The Bertz CT molecular complexity index is 804. The van der Waals surface area contributed by atoms with Gasteiger partial charge < -0.3 is 10.1 Å². The number of anilines is 1. The van der Waals surface area contributed by atoms with Gasteiger partial charge in [-0.05, 0) is 50.2 Å². The predicted octanol–water partition coefficient (Wildman–Crippen LogP) is 2.82. The Balaban J connectivity index is 2.08. The zero-order valence-corrected chi connectivity index (χ0v) is 17.0. The molecule has 1 aromatic carbocycles. The third-order valence-corrected chi connectivity index (χ3v) is 6.43. The van der Waals surface area contributed by atoms with Crippen molar-refractivity contribution in [3.05, 3.63) is 28.3 Å². The molecule has 0 aliphatic heterocycles. The lowest BCUT2D eigenvalue weighted by Gasteiger charge is -2.26. The summed E-state index contributed by atoms with van der Waals surface area (Å²) < 4.78 is 32.5. The Kier molecular flexibility index (Phi) is 7.76. The summed E-state index contributed by atoms with van der Waals surface area (Å²) in [5, 5.41) is 14.3.